The Morgan fingerprint density at radius 3 is 2.56 bits per heavy atom. The van der Waals surface area contributed by atoms with E-state index in [-0.39, 0.29) is 0 Å². The van der Waals surface area contributed by atoms with Gasteiger partial charge in [-0.25, -0.2) is 4.98 Å². The van der Waals surface area contributed by atoms with E-state index in [0.717, 1.165) is 36.5 Å². The highest BCUT2D eigenvalue weighted by atomic mass is 16.5. The van der Waals surface area contributed by atoms with Crippen molar-refractivity contribution in [3.8, 4) is 5.75 Å². The van der Waals surface area contributed by atoms with Crippen LogP contribution in [0.5, 0.6) is 5.75 Å². The summed E-state index contributed by atoms with van der Waals surface area (Å²) in [4.78, 5) is 4.88. The van der Waals surface area contributed by atoms with Gasteiger partial charge in [0.15, 0.2) is 0 Å². The monoisotopic (exact) mass is 356 g/mol. The van der Waals surface area contributed by atoms with Gasteiger partial charge in [0.1, 0.15) is 11.6 Å². The molecule has 0 aliphatic heterocycles. The average molecular weight is 356 g/mol. The van der Waals surface area contributed by atoms with Crippen LogP contribution in [-0.2, 0) is 13.0 Å². The summed E-state index contributed by atoms with van der Waals surface area (Å²) in [7, 11) is 0. The zero-order valence-corrected chi connectivity index (χ0v) is 15.6. The van der Waals surface area contributed by atoms with Gasteiger partial charge in [-0.1, -0.05) is 54.6 Å². The second kappa shape index (κ2) is 8.09. The summed E-state index contributed by atoms with van der Waals surface area (Å²) in [5, 5.41) is 0. The quantitative estimate of drug-likeness (QED) is 0.414. The first-order chi connectivity index (χ1) is 13.3. The normalized spacial score (nSPS) is 11.0. The lowest BCUT2D eigenvalue weighted by atomic mass is 10.1. The molecular formula is C24H24N2O. The standard InChI is InChI=1S/C24H24N2O/c1-19-9-7-12-21(17-19)27-16-8-15-26-23-14-6-5-13-22(23)25-24(26)18-20-10-3-2-4-11-20/h2-7,9-14,17H,8,15-16,18H2,1H3. The molecule has 0 amide bonds. The van der Waals surface area contributed by atoms with Crippen LogP contribution >= 0.6 is 0 Å². The molecular weight excluding hydrogens is 332 g/mol. The zero-order chi connectivity index (χ0) is 18.5. The fourth-order valence-corrected chi connectivity index (χ4v) is 3.41. The lowest BCUT2D eigenvalue weighted by molar-refractivity contribution is 0.301. The molecule has 0 N–H and O–H groups in total. The first-order valence-electron chi connectivity index (χ1n) is 9.47. The molecule has 0 saturated carbocycles. The number of para-hydroxylation sites is 2. The summed E-state index contributed by atoms with van der Waals surface area (Å²) in [6.07, 6.45) is 1.78. The Bertz CT molecular complexity index is 1020. The van der Waals surface area contributed by atoms with Crippen molar-refractivity contribution in [2.45, 2.75) is 26.3 Å². The highest BCUT2D eigenvalue weighted by Crippen LogP contribution is 2.19. The van der Waals surface area contributed by atoms with Crippen molar-refractivity contribution in [1.82, 2.24) is 9.55 Å². The summed E-state index contributed by atoms with van der Waals surface area (Å²) >= 11 is 0. The van der Waals surface area contributed by atoms with Crippen molar-refractivity contribution in [2.24, 2.45) is 0 Å². The Hall–Kier alpha value is -3.07. The lowest BCUT2D eigenvalue weighted by Crippen LogP contribution is -2.08. The molecule has 3 heteroatoms. The van der Waals surface area contributed by atoms with Crippen molar-refractivity contribution >= 4 is 11.0 Å². The Morgan fingerprint density at radius 2 is 1.70 bits per heavy atom. The van der Waals surface area contributed by atoms with Crippen LogP contribution in [0.3, 0.4) is 0 Å². The van der Waals surface area contributed by atoms with E-state index in [9.17, 15) is 0 Å². The van der Waals surface area contributed by atoms with Crippen molar-refractivity contribution in [2.75, 3.05) is 6.61 Å². The molecule has 0 atom stereocenters. The number of fused-ring (bicyclic) bond motifs is 1. The van der Waals surface area contributed by atoms with E-state index < -0.39 is 0 Å². The molecule has 136 valence electrons. The predicted octanol–water partition coefficient (Wildman–Crippen LogP) is 5.40. The fraction of sp³-hybridized carbons (Fsp3) is 0.208. The summed E-state index contributed by atoms with van der Waals surface area (Å²) < 4.78 is 8.26. The molecule has 27 heavy (non-hydrogen) atoms. The lowest BCUT2D eigenvalue weighted by Gasteiger charge is -2.11. The van der Waals surface area contributed by atoms with Crippen molar-refractivity contribution < 1.29 is 4.74 Å². The molecule has 0 unspecified atom stereocenters. The van der Waals surface area contributed by atoms with Gasteiger partial charge in [-0.2, -0.15) is 0 Å². The predicted molar refractivity (Wildman–Crippen MR) is 110 cm³/mol. The van der Waals surface area contributed by atoms with E-state index in [2.05, 4.69) is 72.2 Å². The second-order valence-corrected chi connectivity index (χ2v) is 6.85. The van der Waals surface area contributed by atoms with Gasteiger partial charge in [-0.3, -0.25) is 0 Å². The van der Waals surface area contributed by atoms with Gasteiger partial charge in [0, 0.05) is 13.0 Å². The number of hydrogen-bond acceptors (Lipinski definition) is 2. The molecule has 0 saturated heterocycles. The van der Waals surface area contributed by atoms with Gasteiger partial charge in [-0.05, 0) is 48.7 Å². The number of benzene rings is 3. The molecule has 4 rings (SSSR count). The largest absolute Gasteiger partial charge is 0.494 e. The number of imidazole rings is 1. The third-order valence-corrected chi connectivity index (χ3v) is 4.72. The van der Waals surface area contributed by atoms with Crippen LogP contribution in [0.15, 0.2) is 78.9 Å². The van der Waals surface area contributed by atoms with Crippen molar-refractivity contribution in [3.63, 3.8) is 0 Å². The van der Waals surface area contributed by atoms with Gasteiger partial charge in [0.2, 0.25) is 0 Å². The summed E-state index contributed by atoms with van der Waals surface area (Å²) in [5.74, 6) is 2.05. The van der Waals surface area contributed by atoms with Gasteiger partial charge in [0.25, 0.3) is 0 Å². The topological polar surface area (TPSA) is 27.1 Å². The maximum atomic E-state index is 5.92. The smallest absolute Gasteiger partial charge is 0.119 e. The molecule has 0 aliphatic rings. The highest BCUT2D eigenvalue weighted by Gasteiger charge is 2.11. The molecule has 1 aromatic heterocycles. The minimum absolute atomic E-state index is 0.695. The number of ether oxygens (including phenoxy) is 1. The van der Waals surface area contributed by atoms with E-state index in [0.29, 0.717) is 6.61 Å². The first-order valence-corrected chi connectivity index (χ1v) is 9.47. The van der Waals surface area contributed by atoms with Crippen LogP contribution in [0.1, 0.15) is 23.4 Å². The van der Waals surface area contributed by atoms with Crippen LogP contribution in [0, 0.1) is 6.92 Å². The van der Waals surface area contributed by atoms with E-state index >= 15 is 0 Å². The summed E-state index contributed by atoms with van der Waals surface area (Å²) in [5.41, 5.74) is 4.75. The molecule has 0 fully saturated rings. The minimum Gasteiger partial charge on any atom is -0.494 e. The van der Waals surface area contributed by atoms with Gasteiger partial charge in [0.05, 0.1) is 17.6 Å². The third kappa shape index (κ3) is 4.20. The first kappa shape index (κ1) is 17.3. The second-order valence-electron chi connectivity index (χ2n) is 6.85. The molecule has 3 aromatic carbocycles. The molecule has 4 aromatic rings. The van der Waals surface area contributed by atoms with Crippen LogP contribution in [-0.4, -0.2) is 16.2 Å². The molecule has 0 aliphatic carbocycles. The van der Waals surface area contributed by atoms with Gasteiger partial charge in [-0.15, -0.1) is 0 Å². The zero-order valence-electron chi connectivity index (χ0n) is 15.6. The van der Waals surface area contributed by atoms with Gasteiger partial charge < -0.3 is 9.30 Å². The van der Waals surface area contributed by atoms with E-state index in [1.165, 1.54) is 16.6 Å². The Morgan fingerprint density at radius 1 is 0.889 bits per heavy atom. The number of nitrogens with zero attached hydrogens (tertiary/aromatic N) is 2. The van der Waals surface area contributed by atoms with Gasteiger partial charge >= 0.3 is 0 Å². The van der Waals surface area contributed by atoms with E-state index in [1.54, 1.807) is 0 Å². The van der Waals surface area contributed by atoms with E-state index in [4.69, 9.17) is 9.72 Å². The summed E-state index contributed by atoms with van der Waals surface area (Å²) in [6.45, 7) is 3.68. The van der Waals surface area contributed by atoms with Crippen LogP contribution in [0.4, 0.5) is 0 Å². The SMILES string of the molecule is Cc1cccc(OCCCn2c(Cc3ccccc3)nc3ccccc32)c1. The molecule has 0 radical (unpaired) electrons. The van der Waals surface area contributed by atoms with Crippen LogP contribution in [0.25, 0.3) is 11.0 Å². The molecule has 0 bridgehead atoms. The average Bonchev–Trinajstić information content (AvgIpc) is 3.03. The number of aromatic nitrogens is 2. The number of rotatable bonds is 7. The Kier molecular flexibility index (Phi) is 5.20. The van der Waals surface area contributed by atoms with Crippen molar-refractivity contribution in [1.29, 1.82) is 0 Å². The Balaban J connectivity index is 1.48. The molecule has 0 spiro atoms. The highest BCUT2D eigenvalue weighted by molar-refractivity contribution is 5.76. The Labute approximate surface area is 160 Å². The number of hydrogen-bond donors (Lipinski definition) is 0. The molecule has 1 heterocycles. The van der Waals surface area contributed by atoms with Crippen molar-refractivity contribution in [3.05, 3.63) is 95.8 Å². The van der Waals surface area contributed by atoms with Crippen LogP contribution in [0.2, 0.25) is 0 Å². The fourth-order valence-electron chi connectivity index (χ4n) is 3.41. The summed E-state index contributed by atoms with van der Waals surface area (Å²) in [6, 6.07) is 27.1. The minimum atomic E-state index is 0.695. The molecule has 3 nitrogen and oxygen atoms in total. The van der Waals surface area contributed by atoms with E-state index in [1.807, 2.05) is 18.2 Å². The maximum absolute atomic E-state index is 5.92. The number of aryl methyl sites for hydroxylation is 2. The third-order valence-electron chi connectivity index (χ3n) is 4.72. The van der Waals surface area contributed by atoms with Crippen LogP contribution < -0.4 is 4.74 Å². The maximum Gasteiger partial charge on any atom is 0.119 e.